The molecule has 1 aliphatic carbocycles. The van der Waals surface area contributed by atoms with Crippen molar-refractivity contribution in [1.29, 1.82) is 0 Å². The third kappa shape index (κ3) is 3.92. The lowest BCUT2D eigenvalue weighted by atomic mass is 9.93. The Kier molecular flexibility index (Phi) is 5.92. The number of primary amides is 1. The van der Waals surface area contributed by atoms with Crippen molar-refractivity contribution in [3.63, 3.8) is 0 Å². The van der Waals surface area contributed by atoms with Crippen LogP contribution in [-0.2, 0) is 6.42 Å². The number of anilines is 1. The van der Waals surface area contributed by atoms with Gasteiger partial charge in [0.1, 0.15) is 0 Å². The van der Waals surface area contributed by atoms with Crippen molar-refractivity contribution in [2.24, 2.45) is 10.7 Å². The molecular weight excluding hydrogens is 410 g/mol. The maximum absolute atomic E-state index is 12.5. The van der Waals surface area contributed by atoms with Gasteiger partial charge in [0.05, 0.1) is 34.3 Å². The minimum atomic E-state index is -0.386. The van der Waals surface area contributed by atoms with Gasteiger partial charge in [0, 0.05) is 37.8 Å². The second kappa shape index (κ2) is 9.00. The van der Waals surface area contributed by atoms with Gasteiger partial charge in [0.2, 0.25) is 0 Å². The first kappa shape index (κ1) is 21.7. The third-order valence-corrected chi connectivity index (χ3v) is 7.25. The van der Waals surface area contributed by atoms with Gasteiger partial charge in [-0.25, -0.2) is 4.98 Å². The first-order chi connectivity index (χ1) is 16.1. The molecule has 1 fully saturated rings. The number of hydrogen-bond acceptors (Lipinski definition) is 4. The molecule has 33 heavy (non-hydrogen) atoms. The van der Waals surface area contributed by atoms with Gasteiger partial charge in [0.15, 0.2) is 0 Å². The molecule has 1 saturated carbocycles. The lowest BCUT2D eigenvalue weighted by Gasteiger charge is -2.25. The number of aromatic nitrogens is 2. The molecule has 0 bridgehead atoms. The fourth-order valence-corrected chi connectivity index (χ4v) is 5.45. The van der Waals surface area contributed by atoms with Gasteiger partial charge in [-0.3, -0.25) is 9.79 Å². The van der Waals surface area contributed by atoms with E-state index >= 15 is 0 Å². The molecule has 2 aliphatic rings. The molecule has 1 aliphatic heterocycles. The highest BCUT2D eigenvalue weighted by atomic mass is 16.1. The van der Waals surface area contributed by atoms with Crippen LogP contribution in [0.3, 0.4) is 0 Å². The zero-order valence-corrected chi connectivity index (χ0v) is 19.7. The zero-order valence-electron chi connectivity index (χ0n) is 19.7. The highest BCUT2D eigenvalue weighted by molar-refractivity contribution is 6.06. The number of amides is 1. The van der Waals surface area contributed by atoms with Gasteiger partial charge in [-0.1, -0.05) is 38.7 Å². The molecule has 2 heterocycles. The largest absolute Gasteiger partial charge is 0.374 e. The van der Waals surface area contributed by atoms with Crippen LogP contribution in [0.5, 0.6) is 0 Å². The maximum Gasteiger partial charge on any atom is 0.251 e. The van der Waals surface area contributed by atoms with Crippen molar-refractivity contribution in [3.05, 3.63) is 41.7 Å². The smallest absolute Gasteiger partial charge is 0.251 e. The van der Waals surface area contributed by atoms with E-state index in [0.29, 0.717) is 18.0 Å². The second-order valence-corrected chi connectivity index (χ2v) is 9.45. The van der Waals surface area contributed by atoms with E-state index in [1.165, 1.54) is 37.6 Å². The first-order valence-electron chi connectivity index (χ1n) is 12.3. The van der Waals surface area contributed by atoms with E-state index in [9.17, 15) is 4.79 Å². The van der Waals surface area contributed by atoms with Gasteiger partial charge in [-0.2, -0.15) is 0 Å². The molecule has 0 saturated heterocycles. The highest BCUT2D eigenvalue weighted by Crippen LogP contribution is 2.43. The maximum atomic E-state index is 12.5. The Hall–Kier alpha value is -3.15. The van der Waals surface area contributed by atoms with Crippen molar-refractivity contribution >= 4 is 34.5 Å². The predicted octanol–water partition coefficient (Wildman–Crippen LogP) is 5.80. The average Bonchev–Trinajstić information content (AvgIpc) is 3.48. The van der Waals surface area contributed by atoms with Crippen molar-refractivity contribution in [2.45, 2.75) is 64.3 Å². The molecule has 3 aromatic rings. The number of rotatable bonds is 7. The van der Waals surface area contributed by atoms with Crippen molar-refractivity contribution in [1.82, 2.24) is 9.55 Å². The Morgan fingerprint density at radius 1 is 1.21 bits per heavy atom. The summed E-state index contributed by atoms with van der Waals surface area (Å²) in [5.74, 6) is -0.386. The van der Waals surface area contributed by atoms with Gasteiger partial charge in [-0.15, -0.1) is 0 Å². The molecule has 2 aromatic carbocycles. The number of imidazole rings is 1. The fraction of sp³-hybridized carbons (Fsp3) is 0.444. The number of benzene rings is 2. The normalized spacial score (nSPS) is 15.8. The summed E-state index contributed by atoms with van der Waals surface area (Å²) in [6.07, 6.45) is 13.1. The van der Waals surface area contributed by atoms with E-state index in [1.54, 1.807) is 0 Å². The number of nitrogens with two attached hydrogens (primary N) is 1. The molecule has 0 radical (unpaired) electrons. The molecule has 6 nitrogen and oxygen atoms in total. The van der Waals surface area contributed by atoms with E-state index in [0.717, 1.165) is 53.0 Å². The summed E-state index contributed by atoms with van der Waals surface area (Å²) >= 11 is 0. The minimum absolute atomic E-state index is 0.386. The minimum Gasteiger partial charge on any atom is -0.374 e. The van der Waals surface area contributed by atoms with E-state index in [-0.39, 0.29) is 5.91 Å². The molecule has 5 rings (SSSR count). The molecule has 1 aromatic heterocycles. The Labute approximate surface area is 195 Å². The van der Waals surface area contributed by atoms with E-state index in [4.69, 9.17) is 10.7 Å². The van der Waals surface area contributed by atoms with Crippen molar-refractivity contribution < 1.29 is 4.79 Å². The molecule has 0 unspecified atom stereocenters. The molecule has 2 N–H and O–H groups in total. The molecule has 6 heteroatoms. The highest BCUT2D eigenvalue weighted by Gasteiger charge is 2.26. The molecule has 172 valence electrons. The summed E-state index contributed by atoms with van der Waals surface area (Å²) in [6, 6.07) is 9.18. The Bertz CT molecular complexity index is 1220. The summed E-state index contributed by atoms with van der Waals surface area (Å²) in [7, 11) is 2.04. The van der Waals surface area contributed by atoms with Crippen LogP contribution < -0.4 is 10.6 Å². The van der Waals surface area contributed by atoms with Crippen molar-refractivity contribution in [2.75, 3.05) is 18.5 Å². The van der Waals surface area contributed by atoms with E-state index < -0.39 is 0 Å². The summed E-state index contributed by atoms with van der Waals surface area (Å²) in [5, 5.41) is 0. The molecular formula is C27H33N5O. The standard InChI is InChI=1S/C27H33N5O/c1-3-4-14-31(2)24-16-21(26-20(12-13-29-26)25(24)27(28)33)18-10-11-23-22(15-18)30-17-32(23)19-8-6-5-7-9-19/h10-11,13,15-17,19H,3-9,12,14H2,1-2H3,(H2,28,33). The number of carbonyl (C=O) groups is 1. The summed E-state index contributed by atoms with van der Waals surface area (Å²) in [5.41, 5.74) is 13.5. The number of unbranched alkanes of at least 4 members (excludes halogenated alkanes) is 1. The quantitative estimate of drug-likeness (QED) is 0.501. The van der Waals surface area contributed by atoms with Crippen LogP contribution >= 0.6 is 0 Å². The number of carbonyl (C=O) groups excluding carboxylic acids is 1. The van der Waals surface area contributed by atoms with E-state index in [2.05, 4.69) is 45.6 Å². The Morgan fingerprint density at radius 2 is 2.03 bits per heavy atom. The first-order valence-corrected chi connectivity index (χ1v) is 12.3. The summed E-state index contributed by atoms with van der Waals surface area (Å²) in [4.78, 5) is 24.0. The SMILES string of the molecule is CCCCN(C)c1cc(-c2ccc3c(c2)ncn3C2CCCCC2)c2c(c1C(N)=O)CC=N2. The van der Waals surface area contributed by atoms with Crippen LogP contribution in [-0.4, -0.2) is 35.3 Å². The lowest BCUT2D eigenvalue weighted by Crippen LogP contribution is -2.24. The van der Waals surface area contributed by atoms with Crippen molar-refractivity contribution in [3.8, 4) is 11.1 Å². The van der Waals surface area contributed by atoms with Crippen LogP contribution in [0.15, 0.2) is 35.6 Å². The topological polar surface area (TPSA) is 76.5 Å². The van der Waals surface area contributed by atoms with Crippen LogP contribution in [0.4, 0.5) is 11.4 Å². The number of hydrogen-bond donors (Lipinski definition) is 1. The summed E-state index contributed by atoms with van der Waals surface area (Å²) < 4.78 is 2.36. The van der Waals surface area contributed by atoms with E-state index in [1.807, 2.05) is 19.6 Å². The van der Waals surface area contributed by atoms with Gasteiger partial charge in [0.25, 0.3) is 5.91 Å². The van der Waals surface area contributed by atoms with Gasteiger partial charge in [-0.05, 0) is 48.6 Å². The van der Waals surface area contributed by atoms with Crippen LogP contribution in [0, 0.1) is 0 Å². The van der Waals surface area contributed by atoms with Crippen LogP contribution in [0.2, 0.25) is 0 Å². The molecule has 0 atom stereocenters. The number of nitrogens with zero attached hydrogens (tertiary/aromatic N) is 4. The van der Waals surface area contributed by atoms with Gasteiger partial charge >= 0.3 is 0 Å². The number of aliphatic imine (C=N–C) groups is 1. The third-order valence-electron chi connectivity index (χ3n) is 7.25. The zero-order chi connectivity index (χ0) is 22.9. The fourth-order valence-electron chi connectivity index (χ4n) is 5.45. The predicted molar refractivity (Wildman–Crippen MR) is 136 cm³/mol. The van der Waals surface area contributed by atoms with Gasteiger partial charge < -0.3 is 15.2 Å². The van der Waals surface area contributed by atoms with Crippen LogP contribution in [0.25, 0.3) is 22.2 Å². The average molecular weight is 444 g/mol. The Balaban J connectivity index is 1.60. The Morgan fingerprint density at radius 3 is 2.79 bits per heavy atom. The molecule has 0 spiro atoms. The van der Waals surface area contributed by atoms with Crippen LogP contribution in [0.1, 0.15) is 73.8 Å². The lowest BCUT2D eigenvalue weighted by molar-refractivity contribution is 0.1000. The summed E-state index contributed by atoms with van der Waals surface area (Å²) in [6.45, 7) is 3.05. The molecule has 1 amide bonds. The number of fused-ring (bicyclic) bond motifs is 2. The monoisotopic (exact) mass is 443 g/mol. The second-order valence-electron chi connectivity index (χ2n) is 9.45.